The van der Waals surface area contributed by atoms with Gasteiger partial charge in [-0.2, -0.15) is 4.31 Å². The van der Waals surface area contributed by atoms with E-state index in [1.165, 1.54) is 17.5 Å². The molecule has 1 aromatic heterocycles. The number of Topliss-reactive ketones (excluding diaryl/α,β-unsaturated/α-hetero) is 1. The van der Waals surface area contributed by atoms with E-state index in [4.69, 9.17) is 9.47 Å². The number of rotatable bonds is 8. The van der Waals surface area contributed by atoms with Crippen LogP contribution in [0.4, 0.5) is 0 Å². The lowest BCUT2D eigenvalue weighted by atomic mass is 10.1. The molecule has 9 heteroatoms. The van der Waals surface area contributed by atoms with Crippen molar-refractivity contribution in [2.45, 2.75) is 29.9 Å². The topological polar surface area (TPSA) is 90.0 Å². The minimum Gasteiger partial charge on any atom is -0.496 e. The second kappa shape index (κ2) is 9.51. The number of carbonyl (C=O) groups is 2. The van der Waals surface area contributed by atoms with Crippen molar-refractivity contribution in [2.24, 2.45) is 0 Å². The second-order valence-corrected chi connectivity index (χ2v) is 9.98. The summed E-state index contributed by atoms with van der Waals surface area (Å²) in [6.45, 7) is 0.662. The summed E-state index contributed by atoms with van der Waals surface area (Å²) in [5.41, 5.74) is 0.342. The van der Waals surface area contributed by atoms with Crippen LogP contribution in [0, 0.1) is 0 Å². The Bertz CT molecular complexity index is 976. The number of esters is 1. The molecule has 0 bridgehead atoms. The number of carbonyl (C=O) groups excluding carboxylic acids is 2. The predicted octanol–water partition coefficient (Wildman–Crippen LogP) is 2.90. The van der Waals surface area contributed by atoms with Gasteiger partial charge in [-0.15, -0.1) is 11.3 Å². The smallest absolute Gasteiger partial charge is 0.311 e. The first kappa shape index (κ1) is 21.5. The molecule has 1 fully saturated rings. The SMILES string of the molecule is COc1ccccc1C(=O)COC(=O)Cc1ccc(S(=O)(=O)N2CCCCC2)s1. The van der Waals surface area contributed by atoms with E-state index < -0.39 is 22.6 Å². The van der Waals surface area contributed by atoms with Crippen LogP contribution in [0.3, 0.4) is 0 Å². The lowest BCUT2D eigenvalue weighted by Gasteiger charge is -2.25. The number of hydrogen-bond donors (Lipinski definition) is 0. The Hall–Kier alpha value is -2.23. The molecule has 0 N–H and O–H groups in total. The van der Waals surface area contributed by atoms with E-state index in [-0.39, 0.29) is 16.4 Å². The summed E-state index contributed by atoms with van der Waals surface area (Å²) in [6, 6.07) is 9.85. The first-order valence-electron chi connectivity index (χ1n) is 9.32. The Labute approximate surface area is 174 Å². The van der Waals surface area contributed by atoms with Crippen LogP contribution in [0.25, 0.3) is 0 Å². The molecular formula is C20H23NO6S2. The van der Waals surface area contributed by atoms with Crippen molar-refractivity contribution >= 4 is 33.1 Å². The van der Waals surface area contributed by atoms with Gasteiger partial charge in [-0.25, -0.2) is 8.42 Å². The molecule has 1 aliphatic heterocycles. The molecule has 0 saturated carbocycles. The number of ether oxygens (including phenoxy) is 2. The van der Waals surface area contributed by atoms with Crippen LogP contribution >= 0.6 is 11.3 Å². The van der Waals surface area contributed by atoms with Gasteiger partial charge in [0.15, 0.2) is 6.61 Å². The highest BCUT2D eigenvalue weighted by molar-refractivity contribution is 7.91. The number of methoxy groups -OCH3 is 1. The van der Waals surface area contributed by atoms with E-state index in [0.29, 0.717) is 29.3 Å². The number of sulfonamides is 1. The van der Waals surface area contributed by atoms with Crippen LogP contribution in [-0.2, 0) is 26.0 Å². The molecule has 0 unspecified atom stereocenters. The first-order chi connectivity index (χ1) is 13.9. The molecule has 0 radical (unpaired) electrons. The number of piperidine rings is 1. The highest BCUT2D eigenvalue weighted by Gasteiger charge is 2.27. The Morgan fingerprint density at radius 3 is 2.52 bits per heavy atom. The van der Waals surface area contributed by atoms with Crippen molar-refractivity contribution in [1.29, 1.82) is 0 Å². The Kier molecular flexibility index (Phi) is 7.05. The summed E-state index contributed by atoms with van der Waals surface area (Å²) in [7, 11) is -2.05. The van der Waals surface area contributed by atoms with Crippen LogP contribution in [0.2, 0.25) is 0 Å². The molecule has 29 heavy (non-hydrogen) atoms. The van der Waals surface area contributed by atoms with Gasteiger partial charge in [0.25, 0.3) is 10.0 Å². The lowest BCUT2D eigenvalue weighted by molar-refractivity contribution is -0.141. The summed E-state index contributed by atoms with van der Waals surface area (Å²) >= 11 is 1.06. The fourth-order valence-corrected chi connectivity index (χ4v) is 6.13. The molecule has 1 aromatic carbocycles. The van der Waals surface area contributed by atoms with E-state index >= 15 is 0 Å². The maximum absolute atomic E-state index is 12.7. The summed E-state index contributed by atoms with van der Waals surface area (Å²) in [5.74, 6) is -0.535. The van der Waals surface area contributed by atoms with Gasteiger partial charge in [-0.3, -0.25) is 9.59 Å². The average Bonchev–Trinajstić information content (AvgIpc) is 3.22. The van der Waals surface area contributed by atoms with Crippen LogP contribution in [0.1, 0.15) is 34.5 Å². The molecule has 7 nitrogen and oxygen atoms in total. The average molecular weight is 438 g/mol. The third-order valence-corrected chi connectivity index (χ3v) is 8.09. The molecule has 1 aliphatic rings. The Balaban J connectivity index is 1.57. The third-order valence-electron chi connectivity index (χ3n) is 4.64. The number of benzene rings is 1. The zero-order valence-electron chi connectivity index (χ0n) is 16.1. The highest BCUT2D eigenvalue weighted by Crippen LogP contribution is 2.27. The number of thiophene rings is 1. The normalized spacial score (nSPS) is 15.1. The lowest BCUT2D eigenvalue weighted by Crippen LogP contribution is -2.35. The van der Waals surface area contributed by atoms with Crippen molar-refractivity contribution in [3.05, 3.63) is 46.8 Å². The molecule has 1 saturated heterocycles. The molecule has 0 atom stereocenters. The van der Waals surface area contributed by atoms with Gasteiger partial charge in [0.1, 0.15) is 9.96 Å². The summed E-state index contributed by atoms with van der Waals surface area (Å²) in [6.07, 6.45) is 2.69. The molecule has 156 valence electrons. The van der Waals surface area contributed by atoms with Gasteiger partial charge >= 0.3 is 5.97 Å². The summed E-state index contributed by atoms with van der Waals surface area (Å²) < 4.78 is 37.3. The summed E-state index contributed by atoms with van der Waals surface area (Å²) in [5, 5.41) is 0. The number of nitrogens with zero attached hydrogens (tertiary/aromatic N) is 1. The van der Waals surface area contributed by atoms with Gasteiger partial charge < -0.3 is 9.47 Å². The maximum atomic E-state index is 12.7. The van der Waals surface area contributed by atoms with E-state index in [9.17, 15) is 18.0 Å². The van der Waals surface area contributed by atoms with E-state index in [0.717, 1.165) is 30.6 Å². The van der Waals surface area contributed by atoms with Gasteiger partial charge in [0, 0.05) is 18.0 Å². The molecule has 2 aromatic rings. The van der Waals surface area contributed by atoms with Crippen molar-refractivity contribution in [1.82, 2.24) is 4.31 Å². The minimum atomic E-state index is -3.51. The standard InChI is InChI=1S/C20H23NO6S2/c1-26-18-8-4-3-7-16(18)17(22)14-27-19(23)13-15-9-10-20(28-15)29(24,25)21-11-5-2-6-12-21/h3-4,7-10H,2,5-6,11-14H2,1H3. The second-order valence-electron chi connectivity index (χ2n) is 6.65. The minimum absolute atomic E-state index is 0.0839. The molecule has 2 heterocycles. The first-order valence-corrected chi connectivity index (χ1v) is 11.6. The number of ketones is 1. The molecule has 0 aliphatic carbocycles. The van der Waals surface area contributed by atoms with Gasteiger partial charge in [0.2, 0.25) is 5.78 Å². The quantitative estimate of drug-likeness (QED) is 0.466. The number of para-hydroxylation sites is 1. The van der Waals surface area contributed by atoms with Gasteiger partial charge in [-0.1, -0.05) is 18.6 Å². The van der Waals surface area contributed by atoms with Crippen LogP contribution in [0.15, 0.2) is 40.6 Å². The van der Waals surface area contributed by atoms with Crippen LogP contribution in [-0.4, -0.2) is 51.3 Å². The van der Waals surface area contributed by atoms with Crippen molar-refractivity contribution in [3.8, 4) is 5.75 Å². The molecular weight excluding hydrogens is 414 g/mol. The van der Waals surface area contributed by atoms with Crippen molar-refractivity contribution < 1.29 is 27.5 Å². The Morgan fingerprint density at radius 1 is 1.07 bits per heavy atom. The largest absolute Gasteiger partial charge is 0.496 e. The fourth-order valence-electron chi connectivity index (χ4n) is 3.12. The van der Waals surface area contributed by atoms with Gasteiger partial charge in [-0.05, 0) is 37.1 Å². The molecule has 0 amide bonds. The van der Waals surface area contributed by atoms with E-state index in [1.807, 2.05) is 0 Å². The van der Waals surface area contributed by atoms with Crippen LogP contribution in [0.5, 0.6) is 5.75 Å². The zero-order chi connectivity index (χ0) is 20.9. The third kappa shape index (κ3) is 5.23. The van der Waals surface area contributed by atoms with E-state index in [2.05, 4.69) is 0 Å². The monoisotopic (exact) mass is 437 g/mol. The van der Waals surface area contributed by atoms with Crippen LogP contribution < -0.4 is 4.74 Å². The Morgan fingerprint density at radius 2 is 1.79 bits per heavy atom. The fraction of sp³-hybridized carbons (Fsp3) is 0.400. The predicted molar refractivity (Wildman–Crippen MR) is 109 cm³/mol. The molecule has 3 rings (SSSR count). The number of hydrogen-bond acceptors (Lipinski definition) is 7. The van der Waals surface area contributed by atoms with E-state index in [1.54, 1.807) is 30.3 Å². The summed E-state index contributed by atoms with van der Waals surface area (Å²) in [4.78, 5) is 24.9. The zero-order valence-corrected chi connectivity index (χ0v) is 17.8. The molecule has 0 spiro atoms. The maximum Gasteiger partial charge on any atom is 0.311 e. The van der Waals surface area contributed by atoms with Gasteiger partial charge in [0.05, 0.1) is 19.1 Å². The van der Waals surface area contributed by atoms with Crippen molar-refractivity contribution in [2.75, 3.05) is 26.8 Å². The van der Waals surface area contributed by atoms with Crippen molar-refractivity contribution in [3.63, 3.8) is 0 Å². The highest BCUT2D eigenvalue weighted by atomic mass is 32.2.